The molecule has 1 aliphatic heterocycles. The first kappa shape index (κ1) is 19.8. The van der Waals surface area contributed by atoms with Gasteiger partial charge in [0.1, 0.15) is 5.76 Å². The van der Waals surface area contributed by atoms with Crippen LogP contribution in [0.1, 0.15) is 37.9 Å². The van der Waals surface area contributed by atoms with E-state index in [2.05, 4.69) is 15.4 Å². The summed E-state index contributed by atoms with van der Waals surface area (Å²) in [6.07, 6.45) is 4.92. The van der Waals surface area contributed by atoms with E-state index in [9.17, 15) is 9.59 Å². The third kappa shape index (κ3) is 6.04. The highest BCUT2D eigenvalue weighted by molar-refractivity contribution is 5.94. The molecular formula is C19H30N4O4. The topological polar surface area (TPSA) is 87.9 Å². The second-order valence-electron chi connectivity index (χ2n) is 7.42. The van der Waals surface area contributed by atoms with Crippen LogP contribution in [0, 0.1) is 12.8 Å². The Bertz CT molecular complexity index is 621. The van der Waals surface area contributed by atoms with Crippen molar-refractivity contribution in [3.63, 3.8) is 0 Å². The van der Waals surface area contributed by atoms with Crippen molar-refractivity contribution in [2.45, 2.75) is 39.0 Å². The molecule has 0 atom stereocenters. The number of aromatic nitrogens is 1. The van der Waals surface area contributed by atoms with Crippen molar-refractivity contribution >= 4 is 17.6 Å². The van der Waals surface area contributed by atoms with Crippen LogP contribution in [0.15, 0.2) is 10.6 Å². The Balaban J connectivity index is 1.52. The van der Waals surface area contributed by atoms with Gasteiger partial charge in [0.25, 0.3) is 0 Å². The van der Waals surface area contributed by atoms with Gasteiger partial charge in [-0.05, 0) is 26.2 Å². The van der Waals surface area contributed by atoms with E-state index in [4.69, 9.17) is 9.26 Å². The number of hydrogen-bond acceptors (Lipinski definition) is 6. The van der Waals surface area contributed by atoms with Gasteiger partial charge in [-0.25, -0.2) is 0 Å². The molecule has 8 heteroatoms. The number of rotatable bonds is 8. The third-order valence-electron chi connectivity index (χ3n) is 5.25. The van der Waals surface area contributed by atoms with Gasteiger partial charge < -0.3 is 19.5 Å². The van der Waals surface area contributed by atoms with Crippen LogP contribution in [-0.2, 0) is 14.3 Å². The van der Waals surface area contributed by atoms with Gasteiger partial charge in [-0.2, -0.15) is 0 Å². The minimum Gasteiger partial charge on any atom is -0.379 e. The number of nitrogens with zero attached hydrogens (tertiary/aromatic N) is 3. The highest BCUT2D eigenvalue weighted by atomic mass is 16.5. The van der Waals surface area contributed by atoms with Crippen molar-refractivity contribution in [1.29, 1.82) is 0 Å². The fourth-order valence-corrected chi connectivity index (χ4v) is 3.79. The van der Waals surface area contributed by atoms with Gasteiger partial charge in [0.05, 0.1) is 19.8 Å². The maximum absolute atomic E-state index is 12.9. The predicted octanol–water partition coefficient (Wildman–Crippen LogP) is 1.66. The Hall–Kier alpha value is -1.93. The van der Waals surface area contributed by atoms with Crippen LogP contribution in [0.25, 0.3) is 0 Å². The Morgan fingerprint density at radius 1 is 1.30 bits per heavy atom. The number of nitrogens with one attached hydrogen (secondary N) is 1. The molecule has 0 radical (unpaired) electrons. The normalized spacial score (nSPS) is 18.6. The smallest absolute Gasteiger partial charge is 0.245 e. The summed E-state index contributed by atoms with van der Waals surface area (Å²) in [5, 5.41) is 6.49. The van der Waals surface area contributed by atoms with E-state index >= 15 is 0 Å². The van der Waals surface area contributed by atoms with Crippen LogP contribution in [0.4, 0.5) is 5.82 Å². The number of anilines is 1. The minimum atomic E-state index is -0.235. The van der Waals surface area contributed by atoms with Crippen molar-refractivity contribution < 1.29 is 18.8 Å². The van der Waals surface area contributed by atoms with Gasteiger partial charge in [-0.15, -0.1) is 0 Å². The van der Waals surface area contributed by atoms with Gasteiger partial charge in [0, 0.05) is 38.2 Å². The molecule has 1 aromatic heterocycles. The SMILES string of the molecule is Cc1cc(NC(=O)CN(CCCN2CCOCC2)C(=O)C2CCCC2)no1. The first-order valence-electron chi connectivity index (χ1n) is 9.94. The lowest BCUT2D eigenvalue weighted by Gasteiger charge is -2.29. The van der Waals surface area contributed by atoms with E-state index < -0.39 is 0 Å². The minimum absolute atomic E-state index is 0.0599. The summed E-state index contributed by atoms with van der Waals surface area (Å²) in [5.74, 6) is 0.964. The number of morpholine rings is 1. The van der Waals surface area contributed by atoms with Crippen molar-refractivity contribution in [3.8, 4) is 0 Å². The number of carbonyl (C=O) groups excluding carboxylic acids is 2. The summed E-state index contributed by atoms with van der Waals surface area (Å²) >= 11 is 0. The zero-order valence-corrected chi connectivity index (χ0v) is 16.1. The molecule has 1 aromatic rings. The Kier molecular flexibility index (Phi) is 7.23. The zero-order valence-electron chi connectivity index (χ0n) is 16.1. The third-order valence-corrected chi connectivity index (χ3v) is 5.25. The quantitative estimate of drug-likeness (QED) is 0.740. The monoisotopic (exact) mass is 378 g/mol. The molecule has 3 rings (SSSR count). The standard InChI is InChI=1S/C19H30N4O4/c1-15-13-17(21-27-15)20-18(24)14-23(19(25)16-5-2-3-6-16)8-4-7-22-9-11-26-12-10-22/h13,16H,2-12,14H2,1H3,(H,20,21,24). The van der Waals surface area contributed by atoms with Gasteiger partial charge in [-0.1, -0.05) is 18.0 Å². The van der Waals surface area contributed by atoms with E-state index in [1.54, 1.807) is 17.9 Å². The van der Waals surface area contributed by atoms with Gasteiger partial charge in [-0.3, -0.25) is 14.5 Å². The second-order valence-corrected chi connectivity index (χ2v) is 7.42. The average molecular weight is 378 g/mol. The van der Waals surface area contributed by atoms with Crippen LogP contribution in [0.3, 0.4) is 0 Å². The lowest BCUT2D eigenvalue weighted by molar-refractivity contribution is -0.138. The maximum atomic E-state index is 12.9. The number of carbonyl (C=O) groups is 2. The average Bonchev–Trinajstić information content (AvgIpc) is 3.33. The molecule has 1 saturated carbocycles. The van der Waals surface area contributed by atoms with Crippen LogP contribution in [-0.4, -0.2) is 72.7 Å². The summed E-state index contributed by atoms with van der Waals surface area (Å²) < 4.78 is 10.3. The highest BCUT2D eigenvalue weighted by Gasteiger charge is 2.28. The Morgan fingerprint density at radius 2 is 2.04 bits per heavy atom. The molecular weight excluding hydrogens is 348 g/mol. The molecule has 150 valence electrons. The maximum Gasteiger partial charge on any atom is 0.245 e. The molecule has 2 aliphatic rings. The molecule has 2 amide bonds. The van der Waals surface area contributed by atoms with E-state index in [0.29, 0.717) is 18.1 Å². The molecule has 27 heavy (non-hydrogen) atoms. The van der Waals surface area contributed by atoms with Crippen LogP contribution in [0.5, 0.6) is 0 Å². The summed E-state index contributed by atoms with van der Waals surface area (Å²) in [5.41, 5.74) is 0. The fraction of sp³-hybridized carbons (Fsp3) is 0.737. The second kappa shape index (κ2) is 9.85. The molecule has 0 aromatic carbocycles. The molecule has 1 N–H and O–H groups in total. The number of aryl methyl sites for hydroxylation is 1. The van der Waals surface area contributed by atoms with Crippen molar-refractivity contribution in [2.75, 3.05) is 51.3 Å². The van der Waals surface area contributed by atoms with E-state index in [-0.39, 0.29) is 24.3 Å². The summed E-state index contributed by atoms with van der Waals surface area (Å²) in [4.78, 5) is 29.4. The number of hydrogen-bond donors (Lipinski definition) is 1. The summed E-state index contributed by atoms with van der Waals surface area (Å²) in [7, 11) is 0. The van der Waals surface area contributed by atoms with Crippen molar-refractivity contribution in [2.24, 2.45) is 5.92 Å². The molecule has 2 fully saturated rings. The van der Waals surface area contributed by atoms with Gasteiger partial charge in [0.15, 0.2) is 5.82 Å². The first-order valence-corrected chi connectivity index (χ1v) is 9.94. The number of amides is 2. The lowest BCUT2D eigenvalue weighted by atomic mass is 10.1. The number of ether oxygens (including phenoxy) is 1. The molecule has 0 spiro atoms. The van der Waals surface area contributed by atoms with E-state index in [1.165, 1.54) is 0 Å². The van der Waals surface area contributed by atoms with Crippen LogP contribution in [0.2, 0.25) is 0 Å². The zero-order chi connectivity index (χ0) is 19.1. The largest absolute Gasteiger partial charge is 0.379 e. The molecule has 2 heterocycles. The predicted molar refractivity (Wildman–Crippen MR) is 100 cm³/mol. The molecule has 8 nitrogen and oxygen atoms in total. The lowest BCUT2D eigenvalue weighted by Crippen LogP contribution is -2.43. The fourth-order valence-electron chi connectivity index (χ4n) is 3.79. The molecule has 1 saturated heterocycles. The highest BCUT2D eigenvalue weighted by Crippen LogP contribution is 2.26. The van der Waals surface area contributed by atoms with Crippen LogP contribution >= 0.6 is 0 Å². The van der Waals surface area contributed by atoms with Gasteiger partial charge >= 0.3 is 0 Å². The Morgan fingerprint density at radius 3 is 2.70 bits per heavy atom. The van der Waals surface area contributed by atoms with E-state index in [0.717, 1.165) is 65.0 Å². The van der Waals surface area contributed by atoms with Crippen molar-refractivity contribution in [3.05, 3.63) is 11.8 Å². The van der Waals surface area contributed by atoms with Crippen molar-refractivity contribution in [1.82, 2.24) is 15.0 Å². The summed E-state index contributed by atoms with van der Waals surface area (Å²) in [6, 6.07) is 1.67. The van der Waals surface area contributed by atoms with Crippen LogP contribution < -0.4 is 5.32 Å². The summed E-state index contributed by atoms with van der Waals surface area (Å²) in [6.45, 7) is 6.74. The first-order chi connectivity index (χ1) is 13.1. The Labute approximate surface area is 160 Å². The van der Waals surface area contributed by atoms with E-state index in [1.807, 2.05) is 0 Å². The van der Waals surface area contributed by atoms with Gasteiger partial charge in [0.2, 0.25) is 11.8 Å². The molecule has 0 bridgehead atoms. The molecule has 1 aliphatic carbocycles. The molecule has 0 unspecified atom stereocenters.